The highest BCUT2D eigenvalue weighted by atomic mass is 32.1. The standard InChI is InChI=1S/C20H26N2O3S/c23-9-5-17-13-22(8-7-21(17)12-15-6-10-25-14-15)20(24)19-11-16-3-1-2-4-18(16)26-19/h6,10-11,14,17,23H,1-5,7-9,12-13H2/t17-/m0/s1. The van der Waals surface area contributed by atoms with Gasteiger partial charge in [-0.05, 0) is 49.8 Å². The predicted molar refractivity (Wildman–Crippen MR) is 101 cm³/mol. The van der Waals surface area contributed by atoms with Gasteiger partial charge in [-0.15, -0.1) is 11.3 Å². The largest absolute Gasteiger partial charge is 0.472 e. The number of amides is 1. The molecule has 0 saturated carbocycles. The fraction of sp³-hybridized carbons (Fsp3) is 0.550. The maximum Gasteiger partial charge on any atom is 0.264 e. The Hall–Kier alpha value is -1.63. The summed E-state index contributed by atoms with van der Waals surface area (Å²) in [6.07, 6.45) is 8.86. The van der Waals surface area contributed by atoms with Gasteiger partial charge in [-0.25, -0.2) is 0 Å². The van der Waals surface area contributed by atoms with Crippen molar-refractivity contribution in [2.24, 2.45) is 0 Å². The third-order valence-corrected chi connectivity index (χ3v) is 6.75. The Morgan fingerprint density at radius 3 is 2.96 bits per heavy atom. The molecule has 140 valence electrons. The number of aliphatic hydroxyl groups excluding tert-OH is 1. The van der Waals surface area contributed by atoms with Crippen molar-refractivity contribution < 1.29 is 14.3 Å². The minimum atomic E-state index is 0.141. The molecule has 26 heavy (non-hydrogen) atoms. The van der Waals surface area contributed by atoms with Crippen LogP contribution in [0.4, 0.5) is 0 Å². The molecule has 1 amide bonds. The van der Waals surface area contributed by atoms with Crippen molar-refractivity contribution in [1.82, 2.24) is 9.80 Å². The van der Waals surface area contributed by atoms with Crippen LogP contribution >= 0.6 is 11.3 Å². The van der Waals surface area contributed by atoms with Gasteiger partial charge in [-0.2, -0.15) is 0 Å². The van der Waals surface area contributed by atoms with Crippen LogP contribution in [0.15, 0.2) is 29.1 Å². The smallest absolute Gasteiger partial charge is 0.264 e. The molecule has 1 aliphatic carbocycles. The molecule has 0 bridgehead atoms. The number of furan rings is 1. The number of thiophene rings is 1. The van der Waals surface area contributed by atoms with E-state index in [0.717, 1.165) is 42.9 Å². The number of rotatable bonds is 5. The summed E-state index contributed by atoms with van der Waals surface area (Å²) in [5, 5.41) is 9.47. The lowest BCUT2D eigenvalue weighted by atomic mass is 9.99. The lowest BCUT2D eigenvalue weighted by molar-refractivity contribution is 0.0398. The van der Waals surface area contributed by atoms with E-state index in [1.54, 1.807) is 23.9 Å². The number of fused-ring (bicyclic) bond motifs is 1. The number of piperazine rings is 1. The molecule has 5 nitrogen and oxygen atoms in total. The molecule has 0 radical (unpaired) electrons. The zero-order chi connectivity index (χ0) is 17.9. The zero-order valence-electron chi connectivity index (χ0n) is 15.0. The molecular weight excluding hydrogens is 348 g/mol. The Morgan fingerprint density at radius 2 is 2.19 bits per heavy atom. The lowest BCUT2D eigenvalue weighted by Gasteiger charge is -2.41. The van der Waals surface area contributed by atoms with Crippen molar-refractivity contribution in [3.8, 4) is 0 Å². The topological polar surface area (TPSA) is 56.9 Å². The molecule has 2 aromatic rings. The summed E-state index contributed by atoms with van der Waals surface area (Å²) < 4.78 is 5.17. The van der Waals surface area contributed by atoms with E-state index < -0.39 is 0 Å². The van der Waals surface area contributed by atoms with E-state index in [1.165, 1.54) is 23.3 Å². The number of carbonyl (C=O) groups is 1. The Bertz CT molecular complexity index is 717. The normalized spacial score (nSPS) is 21.0. The Labute approximate surface area is 158 Å². The molecule has 1 saturated heterocycles. The van der Waals surface area contributed by atoms with Crippen LogP contribution in [0.5, 0.6) is 0 Å². The molecule has 4 rings (SSSR count). The lowest BCUT2D eigenvalue weighted by Crippen LogP contribution is -2.54. The molecule has 0 aromatic carbocycles. The van der Waals surface area contributed by atoms with Crippen molar-refractivity contribution in [2.75, 3.05) is 26.2 Å². The molecule has 2 aliphatic rings. The fourth-order valence-corrected chi connectivity index (χ4v) is 5.30. The van der Waals surface area contributed by atoms with E-state index in [1.807, 2.05) is 11.0 Å². The molecule has 0 unspecified atom stereocenters. The Kier molecular flexibility index (Phi) is 5.43. The van der Waals surface area contributed by atoms with E-state index >= 15 is 0 Å². The van der Waals surface area contributed by atoms with Gasteiger partial charge in [0.1, 0.15) is 0 Å². The van der Waals surface area contributed by atoms with Crippen LogP contribution in [0.2, 0.25) is 0 Å². The number of aryl methyl sites for hydroxylation is 2. The first kappa shape index (κ1) is 17.8. The molecule has 0 spiro atoms. The number of hydrogen-bond acceptors (Lipinski definition) is 5. The summed E-state index contributed by atoms with van der Waals surface area (Å²) in [7, 11) is 0. The average Bonchev–Trinajstić information content (AvgIpc) is 3.32. The molecular formula is C20H26N2O3S. The minimum absolute atomic E-state index is 0.141. The summed E-state index contributed by atoms with van der Waals surface area (Å²) in [4.78, 5) is 19.7. The van der Waals surface area contributed by atoms with Gasteiger partial charge >= 0.3 is 0 Å². The van der Waals surface area contributed by atoms with E-state index in [9.17, 15) is 9.90 Å². The van der Waals surface area contributed by atoms with E-state index in [2.05, 4.69) is 11.0 Å². The molecule has 1 atom stereocenters. The highest BCUT2D eigenvalue weighted by molar-refractivity contribution is 7.14. The predicted octanol–water partition coefficient (Wildman–Crippen LogP) is 2.93. The second-order valence-electron chi connectivity index (χ2n) is 7.29. The van der Waals surface area contributed by atoms with Crippen LogP contribution in [-0.4, -0.2) is 53.1 Å². The quantitative estimate of drug-likeness (QED) is 0.874. The third kappa shape index (κ3) is 3.72. The van der Waals surface area contributed by atoms with Gasteiger partial charge in [0.25, 0.3) is 5.91 Å². The van der Waals surface area contributed by atoms with Gasteiger partial charge in [-0.1, -0.05) is 0 Å². The Morgan fingerprint density at radius 1 is 1.31 bits per heavy atom. The molecule has 6 heteroatoms. The van der Waals surface area contributed by atoms with Crippen LogP contribution in [0, 0.1) is 0 Å². The van der Waals surface area contributed by atoms with Crippen LogP contribution in [-0.2, 0) is 19.4 Å². The van der Waals surface area contributed by atoms with Crippen LogP contribution in [0.1, 0.15) is 44.9 Å². The monoisotopic (exact) mass is 374 g/mol. The first-order valence-corrected chi connectivity index (χ1v) is 10.3. The van der Waals surface area contributed by atoms with Crippen LogP contribution < -0.4 is 0 Å². The van der Waals surface area contributed by atoms with Crippen molar-refractivity contribution in [1.29, 1.82) is 0 Å². The zero-order valence-corrected chi connectivity index (χ0v) is 15.8. The summed E-state index contributed by atoms with van der Waals surface area (Å²) >= 11 is 1.69. The van der Waals surface area contributed by atoms with Crippen molar-refractivity contribution in [3.05, 3.63) is 45.5 Å². The number of aliphatic hydroxyl groups is 1. The maximum absolute atomic E-state index is 13.0. The van der Waals surface area contributed by atoms with Gasteiger partial charge in [0, 0.05) is 49.3 Å². The number of hydrogen-bond donors (Lipinski definition) is 1. The van der Waals surface area contributed by atoms with E-state index in [4.69, 9.17) is 4.42 Å². The van der Waals surface area contributed by atoms with E-state index in [-0.39, 0.29) is 18.6 Å². The van der Waals surface area contributed by atoms with Gasteiger partial charge < -0.3 is 14.4 Å². The van der Waals surface area contributed by atoms with Gasteiger partial charge in [0.05, 0.1) is 17.4 Å². The fourth-order valence-electron chi connectivity index (χ4n) is 4.08. The molecule has 2 aromatic heterocycles. The summed E-state index contributed by atoms with van der Waals surface area (Å²) in [5.74, 6) is 0.162. The second-order valence-corrected chi connectivity index (χ2v) is 8.42. The van der Waals surface area contributed by atoms with Crippen LogP contribution in [0.3, 0.4) is 0 Å². The van der Waals surface area contributed by atoms with Gasteiger partial charge in [-0.3, -0.25) is 9.69 Å². The molecule has 1 N–H and O–H groups in total. The first-order chi connectivity index (χ1) is 12.7. The minimum Gasteiger partial charge on any atom is -0.472 e. The SMILES string of the molecule is O=C(c1cc2c(s1)CCCC2)N1CCN(Cc2ccoc2)[C@@H](CCO)C1. The van der Waals surface area contributed by atoms with Crippen molar-refractivity contribution in [2.45, 2.75) is 44.7 Å². The van der Waals surface area contributed by atoms with Crippen molar-refractivity contribution >= 4 is 17.2 Å². The Balaban J connectivity index is 1.44. The average molecular weight is 375 g/mol. The third-order valence-electron chi connectivity index (χ3n) is 5.53. The van der Waals surface area contributed by atoms with Gasteiger partial charge in [0.2, 0.25) is 0 Å². The molecule has 1 aliphatic heterocycles. The summed E-state index contributed by atoms with van der Waals surface area (Å²) in [6, 6.07) is 4.28. The highest BCUT2D eigenvalue weighted by Gasteiger charge is 2.31. The van der Waals surface area contributed by atoms with Crippen molar-refractivity contribution in [3.63, 3.8) is 0 Å². The molecule has 1 fully saturated rings. The molecule has 3 heterocycles. The summed E-state index contributed by atoms with van der Waals surface area (Å²) in [6.45, 7) is 3.19. The first-order valence-electron chi connectivity index (χ1n) is 9.51. The second kappa shape index (κ2) is 7.94. The van der Waals surface area contributed by atoms with E-state index in [0.29, 0.717) is 13.0 Å². The number of nitrogens with zero attached hydrogens (tertiary/aromatic N) is 2. The maximum atomic E-state index is 13.0. The van der Waals surface area contributed by atoms with Crippen LogP contribution in [0.25, 0.3) is 0 Å². The summed E-state index contributed by atoms with van der Waals surface area (Å²) in [5.41, 5.74) is 2.52. The number of carbonyl (C=O) groups excluding carboxylic acids is 1. The highest BCUT2D eigenvalue weighted by Crippen LogP contribution is 2.31. The van der Waals surface area contributed by atoms with Gasteiger partial charge in [0.15, 0.2) is 0 Å².